The third-order valence-corrected chi connectivity index (χ3v) is 3.37. The zero-order valence-corrected chi connectivity index (χ0v) is 12.2. The fourth-order valence-corrected chi connectivity index (χ4v) is 2.28. The Labute approximate surface area is 110 Å². The fourth-order valence-electron chi connectivity index (χ4n) is 2.28. The molecule has 18 heavy (non-hydrogen) atoms. The van der Waals surface area contributed by atoms with E-state index in [0.717, 1.165) is 5.69 Å². The highest BCUT2D eigenvalue weighted by atomic mass is 15.3. The summed E-state index contributed by atoms with van der Waals surface area (Å²) in [6.45, 7) is 10.9. The van der Waals surface area contributed by atoms with Gasteiger partial charge in [0.2, 0.25) is 0 Å². The molecule has 1 aromatic heterocycles. The Bertz CT molecular complexity index is 571. The molecular formula is C16H22N2. The number of rotatable bonds is 1. The first-order chi connectivity index (χ1) is 8.29. The third-order valence-electron chi connectivity index (χ3n) is 3.37. The minimum atomic E-state index is 0.200. The monoisotopic (exact) mass is 242 g/mol. The van der Waals surface area contributed by atoms with Crippen LogP contribution in [0.5, 0.6) is 0 Å². The number of aryl methyl sites for hydroxylation is 3. The second-order valence-electron chi connectivity index (χ2n) is 6.07. The Morgan fingerprint density at radius 2 is 1.72 bits per heavy atom. The number of nitrogens with zero attached hydrogens (tertiary/aromatic N) is 2. The van der Waals surface area contributed by atoms with Gasteiger partial charge in [-0.25, -0.2) is 0 Å². The van der Waals surface area contributed by atoms with Crippen molar-refractivity contribution in [2.75, 3.05) is 0 Å². The summed E-state index contributed by atoms with van der Waals surface area (Å²) in [5.41, 5.74) is 6.41. The van der Waals surface area contributed by atoms with Crippen LogP contribution in [0.3, 0.4) is 0 Å². The molecular weight excluding hydrogens is 220 g/mol. The predicted octanol–water partition coefficient (Wildman–Crippen LogP) is 4.00. The lowest BCUT2D eigenvalue weighted by atomic mass is 9.85. The van der Waals surface area contributed by atoms with E-state index in [1.165, 1.54) is 22.4 Å². The van der Waals surface area contributed by atoms with Crippen molar-refractivity contribution in [2.45, 2.75) is 40.0 Å². The molecule has 0 bridgehead atoms. The predicted molar refractivity (Wildman–Crippen MR) is 76.8 cm³/mol. The van der Waals surface area contributed by atoms with E-state index in [1.54, 1.807) is 0 Å². The van der Waals surface area contributed by atoms with E-state index in [4.69, 9.17) is 0 Å². The summed E-state index contributed by atoms with van der Waals surface area (Å²) < 4.78 is 1.95. The average Bonchev–Trinajstić information content (AvgIpc) is 2.56. The van der Waals surface area contributed by atoms with E-state index in [1.807, 2.05) is 18.7 Å². The quantitative estimate of drug-likeness (QED) is 0.739. The first-order valence-electron chi connectivity index (χ1n) is 6.41. The molecule has 0 radical (unpaired) electrons. The van der Waals surface area contributed by atoms with Crippen molar-refractivity contribution < 1.29 is 0 Å². The van der Waals surface area contributed by atoms with Crippen LogP contribution in [0.15, 0.2) is 24.3 Å². The van der Waals surface area contributed by atoms with Crippen molar-refractivity contribution in [3.05, 3.63) is 41.1 Å². The second-order valence-corrected chi connectivity index (χ2v) is 6.07. The molecule has 1 heterocycles. The van der Waals surface area contributed by atoms with Crippen LogP contribution in [-0.2, 0) is 12.5 Å². The summed E-state index contributed by atoms with van der Waals surface area (Å²) in [6.07, 6.45) is 0. The molecule has 0 aliphatic heterocycles. The molecule has 96 valence electrons. The first-order valence-corrected chi connectivity index (χ1v) is 6.41. The van der Waals surface area contributed by atoms with Crippen molar-refractivity contribution in [1.82, 2.24) is 9.78 Å². The lowest BCUT2D eigenvalue weighted by molar-refractivity contribution is 0.590. The molecule has 1 aromatic carbocycles. The number of hydrogen-bond donors (Lipinski definition) is 0. The van der Waals surface area contributed by atoms with E-state index in [-0.39, 0.29) is 5.41 Å². The molecule has 2 rings (SSSR count). The lowest BCUT2D eigenvalue weighted by Crippen LogP contribution is -2.11. The summed E-state index contributed by atoms with van der Waals surface area (Å²) in [4.78, 5) is 0. The maximum absolute atomic E-state index is 4.42. The normalized spacial score (nSPS) is 11.9. The lowest BCUT2D eigenvalue weighted by Gasteiger charge is -2.20. The Morgan fingerprint density at radius 3 is 2.17 bits per heavy atom. The second kappa shape index (κ2) is 4.27. The van der Waals surface area contributed by atoms with Gasteiger partial charge in [-0.2, -0.15) is 5.10 Å². The minimum absolute atomic E-state index is 0.200. The molecule has 0 N–H and O–H groups in total. The van der Waals surface area contributed by atoms with Gasteiger partial charge in [0.15, 0.2) is 0 Å². The van der Waals surface area contributed by atoms with Crippen LogP contribution in [0.25, 0.3) is 11.3 Å². The topological polar surface area (TPSA) is 17.8 Å². The molecule has 0 aliphatic carbocycles. The number of aromatic nitrogens is 2. The Hall–Kier alpha value is -1.57. The summed E-state index contributed by atoms with van der Waals surface area (Å²) >= 11 is 0. The van der Waals surface area contributed by atoms with Crippen molar-refractivity contribution in [2.24, 2.45) is 7.05 Å². The van der Waals surface area contributed by atoms with Crippen molar-refractivity contribution in [1.29, 1.82) is 0 Å². The maximum Gasteiger partial charge on any atom is 0.0684 e. The first kappa shape index (κ1) is 12.9. The highest BCUT2D eigenvalue weighted by Gasteiger charge is 2.15. The zero-order chi connectivity index (χ0) is 13.5. The van der Waals surface area contributed by atoms with Crippen molar-refractivity contribution >= 4 is 0 Å². The van der Waals surface area contributed by atoms with Crippen LogP contribution in [0.1, 0.15) is 37.6 Å². The minimum Gasteiger partial charge on any atom is -0.268 e. The maximum atomic E-state index is 4.42. The van der Waals surface area contributed by atoms with Crippen LogP contribution < -0.4 is 0 Å². The largest absolute Gasteiger partial charge is 0.268 e. The molecule has 2 aromatic rings. The zero-order valence-electron chi connectivity index (χ0n) is 12.2. The smallest absolute Gasteiger partial charge is 0.0684 e. The third kappa shape index (κ3) is 2.33. The van der Waals surface area contributed by atoms with E-state index in [9.17, 15) is 0 Å². The SMILES string of the molecule is Cc1cc(-c2ccc(C(C)(C)C)cc2C)n(C)n1. The van der Waals surface area contributed by atoms with Crippen LogP contribution in [0.2, 0.25) is 0 Å². The highest BCUT2D eigenvalue weighted by Crippen LogP contribution is 2.29. The fraction of sp³-hybridized carbons (Fsp3) is 0.438. The van der Waals surface area contributed by atoms with Gasteiger partial charge in [0.05, 0.1) is 11.4 Å². The molecule has 2 heteroatoms. The molecule has 0 saturated heterocycles. The molecule has 2 nitrogen and oxygen atoms in total. The summed E-state index contributed by atoms with van der Waals surface area (Å²) in [6, 6.07) is 8.87. The number of benzene rings is 1. The van der Waals surface area contributed by atoms with Gasteiger partial charge < -0.3 is 0 Å². The Morgan fingerprint density at radius 1 is 1.06 bits per heavy atom. The van der Waals surface area contributed by atoms with Crippen LogP contribution in [0.4, 0.5) is 0 Å². The highest BCUT2D eigenvalue weighted by molar-refractivity contribution is 5.65. The Kier molecular flexibility index (Phi) is 3.05. The molecule has 0 spiro atoms. The van der Waals surface area contributed by atoms with Gasteiger partial charge in [-0.05, 0) is 36.5 Å². The number of hydrogen-bond acceptors (Lipinski definition) is 1. The van der Waals surface area contributed by atoms with Gasteiger partial charge in [-0.1, -0.05) is 39.0 Å². The van der Waals surface area contributed by atoms with Crippen molar-refractivity contribution in [3.63, 3.8) is 0 Å². The van der Waals surface area contributed by atoms with Crippen LogP contribution in [-0.4, -0.2) is 9.78 Å². The summed E-state index contributed by atoms with van der Waals surface area (Å²) in [5.74, 6) is 0. The molecule has 0 amide bonds. The molecule has 0 aliphatic rings. The summed E-state index contributed by atoms with van der Waals surface area (Å²) in [7, 11) is 2.00. The van der Waals surface area contributed by atoms with Gasteiger partial charge in [-0.3, -0.25) is 4.68 Å². The van der Waals surface area contributed by atoms with E-state index in [2.05, 4.69) is 57.1 Å². The summed E-state index contributed by atoms with van der Waals surface area (Å²) in [5, 5.41) is 4.42. The van der Waals surface area contributed by atoms with Gasteiger partial charge in [-0.15, -0.1) is 0 Å². The molecule has 0 unspecified atom stereocenters. The van der Waals surface area contributed by atoms with Crippen LogP contribution in [0, 0.1) is 13.8 Å². The van der Waals surface area contributed by atoms with Crippen LogP contribution >= 0.6 is 0 Å². The van der Waals surface area contributed by atoms with Gasteiger partial charge in [0, 0.05) is 12.6 Å². The molecule has 0 atom stereocenters. The van der Waals surface area contributed by atoms with Gasteiger partial charge in [0.1, 0.15) is 0 Å². The van der Waals surface area contributed by atoms with E-state index >= 15 is 0 Å². The average molecular weight is 242 g/mol. The van der Waals surface area contributed by atoms with E-state index in [0.29, 0.717) is 0 Å². The van der Waals surface area contributed by atoms with E-state index < -0.39 is 0 Å². The van der Waals surface area contributed by atoms with Gasteiger partial charge in [0.25, 0.3) is 0 Å². The molecule has 0 fully saturated rings. The van der Waals surface area contributed by atoms with Gasteiger partial charge >= 0.3 is 0 Å². The standard InChI is InChI=1S/C16H22N2/c1-11-9-13(16(3,4)5)7-8-14(11)15-10-12(2)17-18(15)6/h7-10H,1-6H3. The Balaban J connectivity index is 2.51. The molecule has 0 saturated carbocycles. The van der Waals surface area contributed by atoms with Crippen molar-refractivity contribution in [3.8, 4) is 11.3 Å².